The Morgan fingerprint density at radius 3 is 2.31 bits per heavy atom. The van der Waals surface area contributed by atoms with Crippen LogP contribution >= 0.6 is 0 Å². The number of nitrogens with zero attached hydrogens (tertiary/aromatic N) is 2. The molecule has 0 aliphatic rings. The van der Waals surface area contributed by atoms with Crippen LogP contribution in [0.1, 0.15) is 21.7 Å². The van der Waals surface area contributed by atoms with E-state index in [1.807, 2.05) is 0 Å². The van der Waals surface area contributed by atoms with Crippen LogP contribution in [0.3, 0.4) is 0 Å². The predicted octanol–water partition coefficient (Wildman–Crippen LogP) is 3.61. The van der Waals surface area contributed by atoms with Crippen molar-refractivity contribution in [1.82, 2.24) is 5.32 Å². The Hall–Kier alpha value is -4.80. The molecule has 0 spiro atoms. The topological polar surface area (TPSA) is 155 Å². The standard InChI is InChI=1S/C21H15N3O8/c25-20(15-5-2-7-17(12-15)24(29)30)22-19(21(26)32-13-18-8-3-9-31-18)11-14-4-1-6-16(10-14)23(27)28/h1-12H,13H2,(H,22,25)/b19-11-. The third-order valence-corrected chi connectivity index (χ3v) is 4.10. The number of hydrogen-bond donors (Lipinski definition) is 1. The fourth-order valence-electron chi connectivity index (χ4n) is 2.61. The lowest BCUT2D eigenvalue weighted by Crippen LogP contribution is -2.28. The number of esters is 1. The second kappa shape index (κ2) is 9.80. The summed E-state index contributed by atoms with van der Waals surface area (Å²) >= 11 is 0. The van der Waals surface area contributed by atoms with E-state index in [0.717, 1.165) is 6.07 Å². The quantitative estimate of drug-likeness (QED) is 0.242. The van der Waals surface area contributed by atoms with E-state index in [9.17, 15) is 29.8 Å². The molecule has 0 saturated heterocycles. The Bertz CT molecular complexity index is 1200. The smallest absolute Gasteiger partial charge is 0.355 e. The van der Waals surface area contributed by atoms with Gasteiger partial charge in [0.25, 0.3) is 17.3 Å². The van der Waals surface area contributed by atoms with E-state index in [1.165, 1.54) is 54.8 Å². The molecule has 0 atom stereocenters. The summed E-state index contributed by atoms with van der Waals surface area (Å²) in [6.07, 6.45) is 2.60. The van der Waals surface area contributed by atoms with E-state index in [0.29, 0.717) is 5.76 Å². The Kier molecular flexibility index (Phi) is 6.71. The van der Waals surface area contributed by atoms with E-state index in [4.69, 9.17) is 9.15 Å². The van der Waals surface area contributed by atoms with Crippen molar-refractivity contribution in [2.24, 2.45) is 0 Å². The second-order valence-corrected chi connectivity index (χ2v) is 6.33. The number of nitrogens with one attached hydrogen (secondary N) is 1. The average Bonchev–Trinajstić information content (AvgIpc) is 3.31. The third kappa shape index (κ3) is 5.63. The molecule has 0 fully saturated rings. The minimum Gasteiger partial charge on any atom is -0.466 e. The van der Waals surface area contributed by atoms with Gasteiger partial charge in [-0.2, -0.15) is 0 Å². The Morgan fingerprint density at radius 2 is 1.66 bits per heavy atom. The first-order valence-electron chi connectivity index (χ1n) is 9.05. The van der Waals surface area contributed by atoms with Gasteiger partial charge in [-0.1, -0.05) is 18.2 Å². The van der Waals surface area contributed by atoms with E-state index in [-0.39, 0.29) is 34.8 Å². The maximum atomic E-state index is 12.6. The summed E-state index contributed by atoms with van der Waals surface area (Å²) in [5.74, 6) is -1.38. The van der Waals surface area contributed by atoms with Crippen molar-refractivity contribution in [2.45, 2.75) is 6.61 Å². The van der Waals surface area contributed by atoms with Gasteiger partial charge in [0, 0.05) is 29.8 Å². The highest BCUT2D eigenvalue weighted by Gasteiger charge is 2.19. The van der Waals surface area contributed by atoms with Crippen LogP contribution in [0.25, 0.3) is 6.08 Å². The van der Waals surface area contributed by atoms with Gasteiger partial charge in [0.1, 0.15) is 18.1 Å². The monoisotopic (exact) mass is 437 g/mol. The molecule has 0 unspecified atom stereocenters. The summed E-state index contributed by atoms with van der Waals surface area (Å²) in [5.41, 5.74) is -0.658. The first kappa shape index (κ1) is 21.9. The number of rotatable bonds is 8. The number of benzene rings is 2. The summed E-state index contributed by atoms with van der Waals surface area (Å²) in [4.78, 5) is 45.9. The van der Waals surface area contributed by atoms with Gasteiger partial charge in [-0.25, -0.2) is 4.79 Å². The van der Waals surface area contributed by atoms with Gasteiger partial charge in [-0.05, 0) is 29.8 Å². The number of ether oxygens (including phenoxy) is 1. The number of nitro groups is 2. The van der Waals surface area contributed by atoms with Gasteiger partial charge >= 0.3 is 5.97 Å². The molecule has 1 amide bonds. The first-order chi connectivity index (χ1) is 15.3. The van der Waals surface area contributed by atoms with Crippen molar-refractivity contribution >= 4 is 29.3 Å². The van der Waals surface area contributed by atoms with Crippen LogP contribution in [0.4, 0.5) is 11.4 Å². The molecule has 3 aromatic rings. The van der Waals surface area contributed by atoms with Crippen LogP contribution in [0.5, 0.6) is 0 Å². The summed E-state index contributed by atoms with van der Waals surface area (Å²) in [7, 11) is 0. The van der Waals surface area contributed by atoms with Crippen LogP contribution in [0.2, 0.25) is 0 Å². The molecular formula is C21H15N3O8. The molecule has 0 radical (unpaired) electrons. The lowest BCUT2D eigenvalue weighted by Gasteiger charge is -2.10. The zero-order chi connectivity index (χ0) is 23.1. The molecule has 3 rings (SSSR count). The summed E-state index contributed by atoms with van der Waals surface area (Å²) in [6, 6.07) is 13.5. The fourth-order valence-corrected chi connectivity index (χ4v) is 2.61. The highest BCUT2D eigenvalue weighted by molar-refractivity contribution is 6.03. The van der Waals surface area contributed by atoms with Crippen LogP contribution in [0, 0.1) is 20.2 Å². The van der Waals surface area contributed by atoms with Gasteiger partial charge in [0.2, 0.25) is 0 Å². The molecule has 11 heteroatoms. The maximum absolute atomic E-state index is 12.6. The Labute approximate surface area is 180 Å². The van der Waals surface area contributed by atoms with Gasteiger partial charge in [0.15, 0.2) is 0 Å². The normalized spacial score (nSPS) is 10.9. The average molecular weight is 437 g/mol. The van der Waals surface area contributed by atoms with E-state index in [1.54, 1.807) is 12.1 Å². The molecule has 2 aromatic carbocycles. The second-order valence-electron chi connectivity index (χ2n) is 6.33. The zero-order valence-corrected chi connectivity index (χ0v) is 16.3. The minimum absolute atomic E-state index is 0.0667. The van der Waals surface area contributed by atoms with Crippen molar-refractivity contribution in [3.05, 3.63) is 110 Å². The molecule has 1 heterocycles. The van der Waals surface area contributed by atoms with Gasteiger partial charge in [0.05, 0.1) is 16.1 Å². The predicted molar refractivity (Wildman–Crippen MR) is 110 cm³/mol. The van der Waals surface area contributed by atoms with Crippen LogP contribution in [0.15, 0.2) is 77.0 Å². The Morgan fingerprint density at radius 1 is 0.969 bits per heavy atom. The van der Waals surface area contributed by atoms with Crippen molar-refractivity contribution in [1.29, 1.82) is 0 Å². The number of carbonyl (C=O) groups excluding carboxylic acids is 2. The summed E-state index contributed by atoms with van der Waals surface area (Å²) < 4.78 is 10.2. The molecule has 11 nitrogen and oxygen atoms in total. The maximum Gasteiger partial charge on any atom is 0.355 e. The SMILES string of the molecule is O=C(OCc1ccco1)/C(=C/c1cccc([N+](=O)[O-])c1)NC(=O)c1cccc([N+](=O)[O-])c1. The largest absolute Gasteiger partial charge is 0.466 e. The van der Waals surface area contributed by atoms with Gasteiger partial charge < -0.3 is 14.5 Å². The molecular weight excluding hydrogens is 422 g/mol. The molecule has 162 valence electrons. The molecule has 0 bridgehead atoms. The highest BCUT2D eigenvalue weighted by Crippen LogP contribution is 2.17. The lowest BCUT2D eigenvalue weighted by molar-refractivity contribution is -0.385. The van der Waals surface area contributed by atoms with Crippen molar-refractivity contribution < 1.29 is 28.6 Å². The van der Waals surface area contributed by atoms with Crippen LogP contribution < -0.4 is 5.32 Å². The van der Waals surface area contributed by atoms with Gasteiger partial charge in [-0.3, -0.25) is 25.0 Å². The number of amides is 1. The summed E-state index contributed by atoms with van der Waals surface area (Å²) in [6.45, 7) is -0.217. The highest BCUT2D eigenvalue weighted by atomic mass is 16.6. The third-order valence-electron chi connectivity index (χ3n) is 4.10. The molecule has 0 aliphatic carbocycles. The minimum atomic E-state index is -0.938. The number of carbonyl (C=O) groups is 2. The lowest BCUT2D eigenvalue weighted by atomic mass is 10.1. The van der Waals surface area contributed by atoms with E-state index < -0.39 is 21.7 Å². The van der Waals surface area contributed by atoms with Crippen molar-refractivity contribution in [3.63, 3.8) is 0 Å². The number of furan rings is 1. The number of nitro benzene ring substituents is 2. The zero-order valence-electron chi connectivity index (χ0n) is 16.3. The first-order valence-corrected chi connectivity index (χ1v) is 9.05. The molecule has 1 N–H and O–H groups in total. The number of hydrogen-bond acceptors (Lipinski definition) is 8. The Balaban J connectivity index is 1.88. The van der Waals surface area contributed by atoms with E-state index in [2.05, 4.69) is 5.32 Å². The van der Waals surface area contributed by atoms with E-state index >= 15 is 0 Å². The van der Waals surface area contributed by atoms with Crippen LogP contribution in [-0.2, 0) is 16.1 Å². The van der Waals surface area contributed by atoms with Crippen LogP contribution in [-0.4, -0.2) is 21.7 Å². The van der Waals surface area contributed by atoms with Crippen molar-refractivity contribution in [3.8, 4) is 0 Å². The fraction of sp³-hybridized carbons (Fsp3) is 0.0476. The molecule has 1 aromatic heterocycles. The van der Waals surface area contributed by atoms with Gasteiger partial charge in [-0.15, -0.1) is 0 Å². The van der Waals surface area contributed by atoms with Crippen molar-refractivity contribution in [2.75, 3.05) is 0 Å². The number of non-ortho nitro benzene ring substituents is 2. The summed E-state index contributed by atoms with van der Waals surface area (Å²) in [5, 5.41) is 24.3. The molecule has 32 heavy (non-hydrogen) atoms. The molecule has 0 saturated carbocycles. The molecule has 0 aliphatic heterocycles.